The van der Waals surface area contributed by atoms with Crippen LogP contribution in [-0.2, 0) is 11.4 Å². The molecule has 0 radical (unpaired) electrons. The number of carbonyl (C=O) groups excluding carboxylic acids is 1. The molecule has 1 aliphatic heterocycles. The zero-order valence-electron chi connectivity index (χ0n) is 23.0. The minimum Gasteiger partial charge on any atom is -0.489 e. The van der Waals surface area contributed by atoms with E-state index in [9.17, 15) is 9.18 Å². The average molecular weight is 586 g/mol. The Morgan fingerprint density at radius 3 is 2.44 bits per heavy atom. The van der Waals surface area contributed by atoms with Crippen molar-refractivity contribution in [2.45, 2.75) is 45.6 Å². The second-order valence-electron chi connectivity index (χ2n) is 9.87. The number of hydrogen-bond acceptors (Lipinski definition) is 5. The molecule has 8 heteroatoms. The molecule has 0 N–H and O–H groups in total. The maximum absolute atomic E-state index is 14.0. The smallest absolute Gasteiger partial charge is 0.266 e. The van der Waals surface area contributed by atoms with Crippen LogP contribution in [0.15, 0.2) is 90.0 Å². The first kappa shape index (κ1) is 28.8. The second-order valence-corrected chi connectivity index (χ2v) is 11.5. The van der Waals surface area contributed by atoms with E-state index in [0.29, 0.717) is 27.1 Å². The number of halogens is 1. The molecule has 0 unspecified atom stereocenters. The minimum atomic E-state index is -0.290. The van der Waals surface area contributed by atoms with Crippen LogP contribution in [0.2, 0.25) is 0 Å². The highest BCUT2D eigenvalue weighted by atomic mass is 32.2. The quantitative estimate of drug-likeness (QED) is 0.0949. The molecule has 5 rings (SSSR count). The lowest BCUT2D eigenvalue weighted by Gasteiger charge is -2.13. The van der Waals surface area contributed by atoms with Gasteiger partial charge in [-0.1, -0.05) is 93.0 Å². The first-order valence-corrected chi connectivity index (χ1v) is 15.1. The van der Waals surface area contributed by atoms with Crippen molar-refractivity contribution in [2.24, 2.45) is 0 Å². The van der Waals surface area contributed by atoms with Crippen LogP contribution in [0.4, 0.5) is 4.39 Å². The highest BCUT2D eigenvalue weighted by Crippen LogP contribution is 2.35. The number of amides is 1. The Hall–Kier alpha value is -3.75. The van der Waals surface area contributed by atoms with Gasteiger partial charge in [-0.25, -0.2) is 9.07 Å². The molecular weight excluding hydrogens is 554 g/mol. The van der Waals surface area contributed by atoms with Crippen LogP contribution in [0.1, 0.15) is 50.2 Å². The maximum Gasteiger partial charge on any atom is 0.266 e. The molecule has 0 spiro atoms. The van der Waals surface area contributed by atoms with Crippen molar-refractivity contribution in [3.63, 3.8) is 0 Å². The summed E-state index contributed by atoms with van der Waals surface area (Å²) in [6, 6.07) is 24.0. The first-order valence-electron chi connectivity index (χ1n) is 13.9. The molecule has 0 saturated carbocycles. The summed E-state index contributed by atoms with van der Waals surface area (Å²) in [6.07, 6.45) is 9.44. The molecule has 1 aliphatic rings. The predicted molar refractivity (Wildman–Crippen MR) is 168 cm³/mol. The zero-order chi connectivity index (χ0) is 28.6. The monoisotopic (exact) mass is 585 g/mol. The molecule has 3 aromatic carbocycles. The largest absolute Gasteiger partial charge is 0.489 e. The van der Waals surface area contributed by atoms with Crippen LogP contribution in [0.25, 0.3) is 23.0 Å². The second kappa shape index (κ2) is 13.7. The number of carbonyl (C=O) groups is 1. The number of ether oxygens (including phenoxy) is 1. The number of aromatic nitrogens is 2. The molecule has 2 heterocycles. The normalized spacial score (nSPS) is 14.3. The molecule has 1 aromatic heterocycles. The number of thioether (sulfide) groups is 1. The summed E-state index contributed by atoms with van der Waals surface area (Å²) in [5, 5.41) is 4.88. The van der Waals surface area contributed by atoms with Gasteiger partial charge in [0.1, 0.15) is 22.5 Å². The molecule has 4 aromatic rings. The molecule has 1 amide bonds. The summed E-state index contributed by atoms with van der Waals surface area (Å²) in [7, 11) is 0. The fourth-order valence-corrected chi connectivity index (χ4v) is 5.92. The third-order valence-electron chi connectivity index (χ3n) is 6.89. The summed E-state index contributed by atoms with van der Waals surface area (Å²) in [4.78, 5) is 15.6. The van der Waals surface area contributed by atoms with Crippen molar-refractivity contribution in [3.05, 3.63) is 107 Å². The Kier molecular flexibility index (Phi) is 9.64. The molecule has 210 valence electrons. The van der Waals surface area contributed by atoms with E-state index in [-0.39, 0.29) is 18.3 Å². The molecule has 1 saturated heterocycles. The Bertz CT molecular complexity index is 1530. The van der Waals surface area contributed by atoms with Crippen LogP contribution in [-0.4, -0.2) is 31.5 Å². The minimum absolute atomic E-state index is 0.0502. The van der Waals surface area contributed by atoms with E-state index in [1.165, 1.54) is 37.1 Å². The van der Waals surface area contributed by atoms with Gasteiger partial charge in [0.15, 0.2) is 0 Å². The van der Waals surface area contributed by atoms with E-state index in [1.54, 1.807) is 23.1 Å². The van der Waals surface area contributed by atoms with Crippen LogP contribution < -0.4 is 4.74 Å². The number of hydrogen-bond donors (Lipinski definition) is 0. The lowest BCUT2D eigenvalue weighted by Crippen LogP contribution is -2.29. The number of para-hydroxylation sites is 1. The number of benzene rings is 3. The Balaban J connectivity index is 1.38. The lowest BCUT2D eigenvalue weighted by atomic mass is 10.1. The Labute approximate surface area is 250 Å². The lowest BCUT2D eigenvalue weighted by molar-refractivity contribution is -0.122. The number of nitrogens with zero attached hydrogens (tertiary/aromatic N) is 3. The molecular formula is C33H32FN3O2S2. The fraction of sp³-hybridized carbons (Fsp3) is 0.242. The topological polar surface area (TPSA) is 47.4 Å². The summed E-state index contributed by atoms with van der Waals surface area (Å²) in [5.41, 5.74) is 3.84. The molecule has 5 nitrogen and oxygen atoms in total. The van der Waals surface area contributed by atoms with Gasteiger partial charge in [-0.05, 0) is 55.0 Å². The van der Waals surface area contributed by atoms with E-state index in [0.717, 1.165) is 35.3 Å². The van der Waals surface area contributed by atoms with Crippen molar-refractivity contribution in [2.75, 3.05) is 6.54 Å². The number of unbranched alkanes of at least 4 members (excludes halogenated alkanes) is 4. The highest BCUT2D eigenvalue weighted by Gasteiger charge is 2.32. The van der Waals surface area contributed by atoms with E-state index in [2.05, 4.69) is 6.92 Å². The SMILES string of the molecule is CCCCCCCN1C(=O)C(=Cc2cn(-c3ccccc3)nc2-c2ccc(OCc3ccccc3F)cc2)SC1=S. The van der Waals surface area contributed by atoms with Crippen LogP contribution in [0.5, 0.6) is 5.75 Å². The van der Waals surface area contributed by atoms with Gasteiger partial charge >= 0.3 is 0 Å². The molecule has 1 fully saturated rings. The first-order chi connectivity index (χ1) is 20.0. The molecule has 0 atom stereocenters. The van der Waals surface area contributed by atoms with Gasteiger partial charge in [-0.2, -0.15) is 5.10 Å². The van der Waals surface area contributed by atoms with Gasteiger partial charge in [0, 0.05) is 29.4 Å². The van der Waals surface area contributed by atoms with E-state index < -0.39 is 0 Å². The predicted octanol–water partition coefficient (Wildman–Crippen LogP) is 8.43. The van der Waals surface area contributed by atoms with E-state index in [1.807, 2.05) is 71.6 Å². The molecule has 41 heavy (non-hydrogen) atoms. The van der Waals surface area contributed by atoms with E-state index in [4.69, 9.17) is 22.1 Å². The highest BCUT2D eigenvalue weighted by molar-refractivity contribution is 8.26. The van der Waals surface area contributed by atoms with Crippen LogP contribution in [0, 0.1) is 5.82 Å². The van der Waals surface area contributed by atoms with Gasteiger partial charge in [-0.15, -0.1) is 0 Å². The van der Waals surface area contributed by atoms with Crippen molar-refractivity contribution in [3.8, 4) is 22.7 Å². The van der Waals surface area contributed by atoms with Crippen molar-refractivity contribution in [1.82, 2.24) is 14.7 Å². The van der Waals surface area contributed by atoms with Crippen LogP contribution >= 0.6 is 24.0 Å². The van der Waals surface area contributed by atoms with Crippen LogP contribution in [0.3, 0.4) is 0 Å². The van der Waals surface area contributed by atoms with Gasteiger partial charge in [0.25, 0.3) is 5.91 Å². The molecule has 0 bridgehead atoms. The Morgan fingerprint density at radius 2 is 1.68 bits per heavy atom. The third-order valence-corrected chi connectivity index (χ3v) is 8.27. The summed E-state index contributed by atoms with van der Waals surface area (Å²) in [5.74, 6) is 0.286. The third kappa shape index (κ3) is 7.13. The molecule has 0 aliphatic carbocycles. The summed E-state index contributed by atoms with van der Waals surface area (Å²) >= 11 is 6.91. The van der Waals surface area contributed by atoms with Crippen molar-refractivity contribution in [1.29, 1.82) is 0 Å². The van der Waals surface area contributed by atoms with E-state index >= 15 is 0 Å². The fourth-order valence-electron chi connectivity index (χ4n) is 4.62. The standard InChI is InChI=1S/C33H32FN3O2S2/c1-2-3-4-5-11-20-36-32(38)30(41-33(36)40)21-26-22-37(27-13-7-6-8-14-27)35-31(26)24-16-18-28(19-17-24)39-23-25-12-9-10-15-29(25)34/h6-10,12-19,21-22H,2-5,11,20,23H2,1H3. The van der Waals surface area contributed by atoms with Gasteiger partial charge in [-0.3, -0.25) is 9.69 Å². The number of rotatable bonds is 12. The summed E-state index contributed by atoms with van der Waals surface area (Å²) < 4.78 is 22.2. The summed E-state index contributed by atoms with van der Waals surface area (Å²) in [6.45, 7) is 2.98. The van der Waals surface area contributed by atoms with Crippen molar-refractivity contribution >= 4 is 40.3 Å². The van der Waals surface area contributed by atoms with Gasteiger partial charge < -0.3 is 4.74 Å². The maximum atomic E-state index is 14.0. The van der Waals surface area contributed by atoms with Gasteiger partial charge in [0.2, 0.25) is 0 Å². The average Bonchev–Trinajstić information content (AvgIpc) is 3.53. The zero-order valence-corrected chi connectivity index (χ0v) is 24.6. The Morgan fingerprint density at radius 1 is 0.951 bits per heavy atom. The van der Waals surface area contributed by atoms with Crippen molar-refractivity contribution < 1.29 is 13.9 Å². The number of thiocarbonyl (C=S) groups is 1. The van der Waals surface area contributed by atoms with Gasteiger partial charge in [0.05, 0.1) is 16.3 Å².